The Kier molecular flexibility index (Phi) is 4.01. The van der Waals surface area contributed by atoms with Gasteiger partial charge in [0, 0.05) is 17.3 Å². The number of aryl methyl sites for hydroxylation is 2. The molecule has 2 heteroatoms. The van der Waals surface area contributed by atoms with E-state index < -0.39 is 0 Å². The van der Waals surface area contributed by atoms with E-state index in [1.807, 2.05) is 26.0 Å². The smallest absolute Gasteiger partial charge is 0.0702 e. The quantitative estimate of drug-likeness (QED) is 0.795. The van der Waals surface area contributed by atoms with E-state index in [0.717, 1.165) is 28.3 Å². The van der Waals surface area contributed by atoms with Gasteiger partial charge < -0.3 is 0 Å². The lowest BCUT2D eigenvalue weighted by Crippen LogP contribution is -1.99. The average Bonchev–Trinajstić information content (AvgIpc) is 2.69. The van der Waals surface area contributed by atoms with Crippen LogP contribution < -0.4 is 0 Å². The van der Waals surface area contributed by atoms with E-state index in [1.165, 1.54) is 5.57 Å². The molecule has 1 aliphatic carbocycles. The van der Waals surface area contributed by atoms with Gasteiger partial charge in [-0.25, -0.2) is 0 Å². The first kappa shape index (κ1) is 14.5. The fraction of sp³-hybridized carbons (Fsp3) is 0.200. The van der Waals surface area contributed by atoms with Crippen molar-refractivity contribution in [3.63, 3.8) is 0 Å². The lowest BCUT2D eigenvalue weighted by molar-refractivity contribution is 0.951. The molecule has 1 atom stereocenters. The third kappa shape index (κ3) is 3.06. The predicted octanol–water partition coefficient (Wildman–Crippen LogP) is 4.77. The van der Waals surface area contributed by atoms with Gasteiger partial charge in [0.15, 0.2) is 0 Å². The highest BCUT2D eigenvalue weighted by molar-refractivity contribution is 5.79. The van der Waals surface area contributed by atoms with E-state index in [0.29, 0.717) is 5.92 Å². The van der Waals surface area contributed by atoms with Crippen molar-refractivity contribution in [1.29, 1.82) is 0 Å². The fourth-order valence-electron chi connectivity index (χ4n) is 2.72. The van der Waals surface area contributed by atoms with Crippen molar-refractivity contribution in [3.8, 4) is 0 Å². The summed E-state index contributed by atoms with van der Waals surface area (Å²) < 4.78 is 0. The Morgan fingerprint density at radius 1 is 0.864 bits per heavy atom. The van der Waals surface area contributed by atoms with Crippen LogP contribution in [0.25, 0.3) is 11.1 Å². The van der Waals surface area contributed by atoms with Crippen molar-refractivity contribution in [2.75, 3.05) is 0 Å². The normalized spacial score (nSPS) is 17.7. The number of nitrogens with zero attached hydrogens (tertiary/aromatic N) is 2. The first-order valence-electron chi connectivity index (χ1n) is 7.61. The second-order valence-corrected chi connectivity index (χ2v) is 5.72. The molecule has 1 aliphatic rings. The summed E-state index contributed by atoms with van der Waals surface area (Å²) in [4.78, 5) is 9.28. The molecular formula is C20H20N2. The topological polar surface area (TPSA) is 25.8 Å². The Balaban J connectivity index is 1.97. The molecule has 0 amide bonds. The highest BCUT2D eigenvalue weighted by Gasteiger charge is 2.13. The molecule has 110 valence electrons. The van der Waals surface area contributed by atoms with Crippen LogP contribution in [-0.4, -0.2) is 9.97 Å². The monoisotopic (exact) mass is 288 g/mol. The average molecular weight is 288 g/mol. The molecule has 0 N–H and O–H groups in total. The van der Waals surface area contributed by atoms with E-state index in [9.17, 15) is 0 Å². The van der Waals surface area contributed by atoms with Crippen LogP contribution in [-0.2, 0) is 0 Å². The maximum Gasteiger partial charge on any atom is 0.0702 e. The molecule has 0 radical (unpaired) electrons. The SMILES string of the molecule is Cc1cccc(C2=CC(C)C(c3cccc(C)n3)=CC=C2)n1. The lowest BCUT2D eigenvalue weighted by Gasteiger charge is -2.12. The summed E-state index contributed by atoms with van der Waals surface area (Å²) in [6.45, 7) is 6.26. The van der Waals surface area contributed by atoms with E-state index in [-0.39, 0.29) is 0 Å². The standard InChI is InChI=1S/C20H20N2/c1-14-13-17(19-11-4-7-15(2)21-19)9-6-10-18(14)20-12-5-8-16(3)22-20/h4-14H,1-3H3. The highest BCUT2D eigenvalue weighted by Crippen LogP contribution is 2.29. The molecule has 2 aromatic rings. The minimum atomic E-state index is 0.293. The summed E-state index contributed by atoms with van der Waals surface area (Å²) in [7, 11) is 0. The van der Waals surface area contributed by atoms with Gasteiger partial charge in [-0.3, -0.25) is 9.97 Å². The first-order valence-corrected chi connectivity index (χ1v) is 7.61. The molecule has 0 fully saturated rings. The van der Waals surface area contributed by atoms with Crippen LogP contribution in [0.1, 0.15) is 29.7 Å². The van der Waals surface area contributed by atoms with Crippen LogP contribution >= 0.6 is 0 Å². The Morgan fingerprint density at radius 2 is 1.50 bits per heavy atom. The van der Waals surface area contributed by atoms with Crippen LogP contribution in [0.15, 0.2) is 60.7 Å². The summed E-state index contributed by atoms with van der Waals surface area (Å²) in [5.74, 6) is 0.293. The third-order valence-electron chi connectivity index (χ3n) is 3.84. The summed E-state index contributed by atoms with van der Waals surface area (Å²) >= 11 is 0. The van der Waals surface area contributed by atoms with E-state index in [2.05, 4.69) is 65.5 Å². The number of allylic oxidation sites excluding steroid dienone is 6. The minimum Gasteiger partial charge on any atom is -0.253 e. The number of hydrogen-bond donors (Lipinski definition) is 0. The van der Waals surface area contributed by atoms with Crippen LogP contribution in [0.5, 0.6) is 0 Å². The Bertz CT molecular complexity index is 782. The zero-order chi connectivity index (χ0) is 15.5. The number of pyridine rings is 2. The van der Waals surface area contributed by atoms with Crippen molar-refractivity contribution in [3.05, 3.63) is 83.5 Å². The van der Waals surface area contributed by atoms with Crippen LogP contribution in [0.2, 0.25) is 0 Å². The van der Waals surface area contributed by atoms with Crippen LogP contribution in [0.3, 0.4) is 0 Å². The van der Waals surface area contributed by atoms with E-state index >= 15 is 0 Å². The van der Waals surface area contributed by atoms with Crippen molar-refractivity contribution in [2.45, 2.75) is 20.8 Å². The molecule has 0 bridgehead atoms. The molecule has 22 heavy (non-hydrogen) atoms. The molecule has 0 aliphatic heterocycles. The van der Waals surface area contributed by atoms with Gasteiger partial charge in [0.25, 0.3) is 0 Å². The second-order valence-electron chi connectivity index (χ2n) is 5.72. The zero-order valence-electron chi connectivity index (χ0n) is 13.2. The number of rotatable bonds is 2. The molecule has 2 heterocycles. The van der Waals surface area contributed by atoms with E-state index in [1.54, 1.807) is 0 Å². The van der Waals surface area contributed by atoms with Crippen molar-refractivity contribution < 1.29 is 0 Å². The third-order valence-corrected chi connectivity index (χ3v) is 3.84. The molecule has 1 unspecified atom stereocenters. The highest BCUT2D eigenvalue weighted by atomic mass is 14.7. The van der Waals surface area contributed by atoms with Crippen molar-refractivity contribution >= 4 is 11.1 Å². The molecular weight excluding hydrogens is 268 g/mol. The minimum absolute atomic E-state index is 0.293. The predicted molar refractivity (Wildman–Crippen MR) is 92.2 cm³/mol. The van der Waals surface area contributed by atoms with Gasteiger partial charge in [-0.2, -0.15) is 0 Å². The summed E-state index contributed by atoms with van der Waals surface area (Å²) in [5.41, 5.74) is 6.56. The van der Waals surface area contributed by atoms with Gasteiger partial charge >= 0.3 is 0 Å². The summed E-state index contributed by atoms with van der Waals surface area (Å²) in [6, 6.07) is 12.3. The lowest BCUT2D eigenvalue weighted by atomic mass is 9.95. The summed E-state index contributed by atoms with van der Waals surface area (Å²) in [5, 5.41) is 0. The Hall–Kier alpha value is -2.48. The van der Waals surface area contributed by atoms with Gasteiger partial charge in [0.05, 0.1) is 11.4 Å². The second kappa shape index (κ2) is 6.10. The van der Waals surface area contributed by atoms with Gasteiger partial charge in [0.1, 0.15) is 0 Å². The fourth-order valence-corrected chi connectivity index (χ4v) is 2.72. The Labute approximate surface area is 132 Å². The maximum absolute atomic E-state index is 4.65. The number of hydrogen-bond acceptors (Lipinski definition) is 2. The molecule has 0 spiro atoms. The molecule has 0 aromatic carbocycles. The van der Waals surface area contributed by atoms with Crippen LogP contribution in [0.4, 0.5) is 0 Å². The molecule has 0 saturated heterocycles. The van der Waals surface area contributed by atoms with Gasteiger partial charge in [-0.05, 0) is 49.3 Å². The van der Waals surface area contributed by atoms with Gasteiger partial charge in [-0.1, -0.05) is 43.4 Å². The number of aromatic nitrogens is 2. The van der Waals surface area contributed by atoms with Crippen molar-refractivity contribution in [1.82, 2.24) is 9.97 Å². The first-order chi connectivity index (χ1) is 10.6. The molecule has 0 saturated carbocycles. The zero-order valence-corrected chi connectivity index (χ0v) is 13.2. The summed E-state index contributed by atoms with van der Waals surface area (Å²) in [6.07, 6.45) is 8.65. The Morgan fingerprint density at radius 3 is 2.18 bits per heavy atom. The molecule has 2 aromatic heterocycles. The molecule has 2 nitrogen and oxygen atoms in total. The van der Waals surface area contributed by atoms with E-state index in [4.69, 9.17) is 0 Å². The molecule has 3 rings (SSSR count). The maximum atomic E-state index is 4.65. The van der Waals surface area contributed by atoms with Gasteiger partial charge in [0.2, 0.25) is 0 Å². The van der Waals surface area contributed by atoms with Gasteiger partial charge in [-0.15, -0.1) is 0 Å². The largest absolute Gasteiger partial charge is 0.253 e. The van der Waals surface area contributed by atoms with Crippen molar-refractivity contribution in [2.24, 2.45) is 5.92 Å². The van der Waals surface area contributed by atoms with Crippen LogP contribution in [0, 0.1) is 19.8 Å².